The molecule has 0 atom stereocenters. The van der Waals surface area contributed by atoms with E-state index < -0.39 is 0 Å². The number of hydrogen-bond donors (Lipinski definition) is 0. The molecule has 186 valence electrons. The van der Waals surface area contributed by atoms with Crippen molar-refractivity contribution in [2.45, 2.75) is 105 Å². The Labute approximate surface area is 208 Å². The average molecular weight is 463 g/mol. The Morgan fingerprint density at radius 1 is 0.471 bits per heavy atom. The minimum absolute atomic E-state index is 0.775. The SMILES string of the molecule is CCCCCCCOc1c2ccc(CC)cc2c(OCCCCCCC)c2ccc(CC)cc12. The number of benzene rings is 3. The van der Waals surface area contributed by atoms with Crippen LogP contribution in [0.25, 0.3) is 21.5 Å². The highest BCUT2D eigenvalue weighted by Crippen LogP contribution is 2.44. The second kappa shape index (κ2) is 14.2. The molecule has 0 unspecified atom stereocenters. The van der Waals surface area contributed by atoms with Crippen molar-refractivity contribution in [2.24, 2.45) is 0 Å². The quantitative estimate of drug-likeness (QED) is 0.156. The van der Waals surface area contributed by atoms with E-state index in [0.717, 1.165) is 50.4 Å². The van der Waals surface area contributed by atoms with Crippen LogP contribution >= 0.6 is 0 Å². The van der Waals surface area contributed by atoms with E-state index in [-0.39, 0.29) is 0 Å². The Kier molecular flexibility index (Phi) is 11.1. The van der Waals surface area contributed by atoms with Gasteiger partial charge in [-0.3, -0.25) is 0 Å². The summed E-state index contributed by atoms with van der Waals surface area (Å²) in [7, 11) is 0. The number of aryl methyl sites for hydroxylation is 2. The van der Waals surface area contributed by atoms with E-state index in [1.165, 1.54) is 84.0 Å². The minimum Gasteiger partial charge on any atom is -0.492 e. The molecule has 0 aliphatic carbocycles. The Bertz CT molecular complexity index is 937. The van der Waals surface area contributed by atoms with Crippen LogP contribution < -0.4 is 9.47 Å². The summed E-state index contributed by atoms with van der Waals surface area (Å²) in [4.78, 5) is 0. The van der Waals surface area contributed by atoms with E-state index in [9.17, 15) is 0 Å². The average Bonchev–Trinajstić information content (AvgIpc) is 2.87. The Morgan fingerprint density at radius 3 is 1.26 bits per heavy atom. The Balaban J connectivity index is 1.97. The molecule has 0 saturated heterocycles. The molecule has 3 aromatic rings. The van der Waals surface area contributed by atoms with Gasteiger partial charge in [0, 0.05) is 21.5 Å². The molecule has 0 aliphatic rings. The molecule has 34 heavy (non-hydrogen) atoms. The van der Waals surface area contributed by atoms with Crippen molar-refractivity contribution < 1.29 is 9.47 Å². The zero-order valence-electron chi connectivity index (χ0n) is 22.2. The van der Waals surface area contributed by atoms with Crippen molar-refractivity contribution in [3.63, 3.8) is 0 Å². The fourth-order valence-corrected chi connectivity index (χ4v) is 4.76. The molecule has 0 bridgehead atoms. The summed E-state index contributed by atoms with van der Waals surface area (Å²) in [5.41, 5.74) is 2.69. The lowest BCUT2D eigenvalue weighted by Gasteiger charge is -2.19. The van der Waals surface area contributed by atoms with Crippen LogP contribution in [0.1, 0.15) is 103 Å². The third kappa shape index (κ3) is 6.90. The van der Waals surface area contributed by atoms with Crippen molar-refractivity contribution in [2.75, 3.05) is 13.2 Å². The summed E-state index contributed by atoms with van der Waals surface area (Å²) in [6.07, 6.45) is 14.5. The first-order valence-corrected chi connectivity index (χ1v) is 14.0. The topological polar surface area (TPSA) is 18.5 Å². The summed E-state index contributed by atoms with van der Waals surface area (Å²) in [5.74, 6) is 2.07. The molecule has 0 radical (unpaired) electrons. The lowest BCUT2D eigenvalue weighted by molar-refractivity contribution is 0.306. The molecule has 0 spiro atoms. The smallest absolute Gasteiger partial charge is 0.135 e. The lowest BCUT2D eigenvalue weighted by atomic mass is 9.96. The van der Waals surface area contributed by atoms with Gasteiger partial charge >= 0.3 is 0 Å². The molecule has 2 heteroatoms. The third-order valence-corrected chi connectivity index (χ3v) is 6.95. The van der Waals surface area contributed by atoms with Crippen LogP contribution in [0.5, 0.6) is 11.5 Å². The van der Waals surface area contributed by atoms with E-state index in [1.807, 2.05) is 0 Å². The molecule has 0 aromatic heterocycles. The number of unbranched alkanes of at least 4 members (excludes halogenated alkanes) is 8. The van der Waals surface area contributed by atoms with Crippen molar-refractivity contribution in [1.29, 1.82) is 0 Å². The number of fused-ring (bicyclic) bond motifs is 2. The zero-order valence-corrected chi connectivity index (χ0v) is 22.2. The van der Waals surface area contributed by atoms with Crippen LogP contribution in [-0.2, 0) is 12.8 Å². The maximum Gasteiger partial charge on any atom is 0.135 e. The van der Waals surface area contributed by atoms with Crippen molar-refractivity contribution in [3.05, 3.63) is 47.5 Å². The van der Waals surface area contributed by atoms with E-state index >= 15 is 0 Å². The van der Waals surface area contributed by atoms with Gasteiger partial charge in [0.2, 0.25) is 0 Å². The first-order valence-electron chi connectivity index (χ1n) is 14.0. The molecule has 3 rings (SSSR count). The fourth-order valence-electron chi connectivity index (χ4n) is 4.76. The Hall–Kier alpha value is -2.22. The van der Waals surface area contributed by atoms with Gasteiger partial charge in [0.1, 0.15) is 11.5 Å². The van der Waals surface area contributed by atoms with Crippen LogP contribution in [0.4, 0.5) is 0 Å². The second-order valence-electron chi connectivity index (χ2n) is 9.65. The molecule has 0 aliphatic heterocycles. The number of hydrogen-bond acceptors (Lipinski definition) is 2. The van der Waals surface area contributed by atoms with Gasteiger partial charge in [-0.05, 0) is 48.9 Å². The highest BCUT2D eigenvalue weighted by molar-refractivity contribution is 6.11. The van der Waals surface area contributed by atoms with E-state index in [4.69, 9.17) is 9.47 Å². The Morgan fingerprint density at radius 2 is 0.882 bits per heavy atom. The molecule has 0 amide bonds. The minimum atomic E-state index is 0.775. The van der Waals surface area contributed by atoms with Crippen LogP contribution in [0.2, 0.25) is 0 Å². The second-order valence-corrected chi connectivity index (χ2v) is 9.65. The van der Waals surface area contributed by atoms with Gasteiger partial charge in [-0.1, -0.05) is 103 Å². The standard InChI is InChI=1S/C32H46O2/c1-5-9-11-13-15-21-33-31-27-19-17-26(8-4)24-30(27)32(34-22-16-14-12-10-6-2)28-20-18-25(7-3)23-29(28)31/h17-20,23-24H,5-16,21-22H2,1-4H3. The van der Waals surface area contributed by atoms with E-state index in [0.29, 0.717) is 0 Å². The van der Waals surface area contributed by atoms with E-state index in [2.05, 4.69) is 64.1 Å². The summed E-state index contributed by atoms with van der Waals surface area (Å²) in [6, 6.07) is 13.7. The van der Waals surface area contributed by atoms with Crippen molar-refractivity contribution >= 4 is 21.5 Å². The largest absolute Gasteiger partial charge is 0.492 e. The van der Waals surface area contributed by atoms with Gasteiger partial charge in [-0.2, -0.15) is 0 Å². The van der Waals surface area contributed by atoms with Crippen molar-refractivity contribution in [3.8, 4) is 11.5 Å². The summed E-state index contributed by atoms with van der Waals surface area (Å²) >= 11 is 0. The van der Waals surface area contributed by atoms with Gasteiger partial charge in [-0.15, -0.1) is 0 Å². The first kappa shape index (κ1) is 26.4. The van der Waals surface area contributed by atoms with Crippen molar-refractivity contribution in [1.82, 2.24) is 0 Å². The normalized spacial score (nSPS) is 11.4. The monoisotopic (exact) mass is 462 g/mol. The van der Waals surface area contributed by atoms with Crippen LogP contribution in [-0.4, -0.2) is 13.2 Å². The maximum atomic E-state index is 6.56. The van der Waals surface area contributed by atoms with Crippen LogP contribution in [0.3, 0.4) is 0 Å². The maximum absolute atomic E-state index is 6.56. The predicted molar refractivity (Wildman–Crippen MR) is 149 cm³/mol. The molecule has 2 nitrogen and oxygen atoms in total. The molecule has 0 heterocycles. The highest BCUT2D eigenvalue weighted by Gasteiger charge is 2.17. The van der Waals surface area contributed by atoms with Gasteiger partial charge in [-0.25, -0.2) is 0 Å². The first-order chi connectivity index (χ1) is 16.7. The molecule has 3 aromatic carbocycles. The van der Waals surface area contributed by atoms with Gasteiger partial charge in [0.05, 0.1) is 13.2 Å². The molecule has 0 saturated carbocycles. The molecular weight excluding hydrogens is 416 g/mol. The van der Waals surface area contributed by atoms with Crippen LogP contribution in [0, 0.1) is 0 Å². The summed E-state index contributed by atoms with van der Waals surface area (Å²) < 4.78 is 13.1. The van der Waals surface area contributed by atoms with Gasteiger partial charge < -0.3 is 9.47 Å². The van der Waals surface area contributed by atoms with Crippen LogP contribution in [0.15, 0.2) is 36.4 Å². The number of rotatable bonds is 16. The molecular formula is C32H46O2. The molecule has 0 fully saturated rings. The van der Waals surface area contributed by atoms with E-state index in [1.54, 1.807) is 0 Å². The predicted octanol–water partition coefficient (Wildman–Crippen LogP) is 9.82. The highest BCUT2D eigenvalue weighted by atomic mass is 16.5. The number of ether oxygens (including phenoxy) is 2. The van der Waals surface area contributed by atoms with Gasteiger partial charge in [0.25, 0.3) is 0 Å². The molecule has 0 N–H and O–H groups in total. The summed E-state index contributed by atoms with van der Waals surface area (Å²) in [6.45, 7) is 10.5. The van der Waals surface area contributed by atoms with Gasteiger partial charge in [0.15, 0.2) is 0 Å². The summed E-state index contributed by atoms with van der Waals surface area (Å²) in [5, 5.41) is 4.77. The lowest BCUT2D eigenvalue weighted by Crippen LogP contribution is -2.03. The zero-order chi connectivity index (χ0) is 24.2. The third-order valence-electron chi connectivity index (χ3n) is 6.95. The fraction of sp³-hybridized carbons (Fsp3) is 0.562.